The first-order chi connectivity index (χ1) is 14.8. The van der Waals surface area contributed by atoms with Crippen LogP contribution in [0.3, 0.4) is 0 Å². The fourth-order valence-corrected chi connectivity index (χ4v) is 3.57. The van der Waals surface area contributed by atoms with E-state index in [1.165, 1.54) is 6.33 Å². The monoisotopic (exact) mass is 399 g/mol. The predicted octanol–water partition coefficient (Wildman–Crippen LogP) is 2.71. The first-order valence-electron chi connectivity index (χ1n) is 9.98. The van der Waals surface area contributed by atoms with Crippen LogP contribution in [0.4, 0.5) is 0 Å². The molecule has 0 unspecified atom stereocenters. The van der Waals surface area contributed by atoms with Crippen molar-refractivity contribution in [3.8, 4) is 5.69 Å². The van der Waals surface area contributed by atoms with Crippen LogP contribution < -0.4 is 5.32 Å². The summed E-state index contributed by atoms with van der Waals surface area (Å²) in [6, 6.07) is 17.8. The van der Waals surface area contributed by atoms with Crippen LogP contribution >= 0.6 is 0 Å². The van der Waals surface area contributed by atoms with E-state index in [1.807, 2.05) is 54.6 Å². The zero-order chi connectivity index (χ0) is 20.3. The van der Waals surface area contributed by atoms with Gasteiger partial charge in [-0.2, -0.15) is 5.10 Å². The summed E-state index contributed by atoms with van der Waals surface area (Å²) in [5.41, 5.74) is 4.34. The molecule has 0 saturated heterocycles. The molecule has 0 atom stereocenters. The molecule has 0 bridgehead atoms. The van der Waals surface area contributed by atoms with Crippen molar-refractivity contribution in [1.29, 1.82) is 0 Å². The highest BCUT2D eigenvalue weighted by Crippen LogP contribution is 2.41. The maximum absolute atomic E-state index is 13.0. The van der Waals surface area contributed by atoms with Crippen molar-refractivity contribution in [3.63, 3.8) is 0 Å². The normalized spacial score (nSPS) is 13.3. The van der Waals surface area contributed by atoms with Gasteiger partial charge >= 0.3 is 0 Å². The van der Waals surface area contributed by atoms with Gasteiger partial charge in [-0.3, -0.25) is 4.79 Å². The van der Waals surface area contributed by atoms with Crippen molar-refractivity contribution in [3.05, 3.63) is 89.8 Å². The lowest BCUT2D eigenvalue weighted by atomic mass is 10.1. The molecular weight excluding hydrogens is 378 g/mol. The average molecular weight is 399 g/mol. The van der Waals surface area contributed by atoms with E-state index in [1.54, 1.807) is 15.7 Å². The second kappa shape index (κ2) is 7.90. The smallest absolute Gasteiger partial charge is 0.274 e. The molecule has 30 heavy (non-hydrogen) atoms. The number of aromatic nitrogens is 6. The molecule has 150 valence electrons. The predicted molar refractivity (Wildman–Crippen MR) is 110 cm³/mol. The number of carbonyl (C=O) groups is 1. The van der Waals surface area contributed by atoms with Gasteiger partial charge in [-0.05, 0) is 36.1 Å². The molecule has 5 rings (SSSR count). The Labute approximate surface area is 173 Å². The summed E-state index contributed by atoms with van der Waals surface area (Å²) in [4.78, 5) is 17.0. The molecule has 8 heteroatoms. The van der Waals surface area contributed by atoms with Crippen LogP contribution in [0.2, 0.25) is 0 Å². The van der Waals surface area contributed by atoms with E-state index in [2.05, 4.69) is 25.7 Å². The molecule has 0 aliphatic heterocycles. The van der Waals surface area contributed by atoms with Crippen molar-refractivity contribution in [2.24, 2.45) is 0 Å². The van der Waals surface area contributed by atoms with Gasteiger partial charge in [0.25, 0.3) is 5.91 Å². The van der Waals surface area contributed by atoms with E-state index < -0.39 is 0 Å². The Bertz CT molecular complexity index is 1150. The molecule has 2 heterocycles. The van der Waals surface area contributed by atoms with Gasteiger partial charge in [0.1, 0.15) is 12.7 Å². The third-order valence-corrected chi connectivity index (χ3v) is 5.24. The van der Waals surface area contributed by atoms with E-state index >= 15 is 0 Å². The van der Waals surface area contributed by atoms with Crippen LogP contribution in [0, 0.1) is 0 Å². The number of nitrogens with zero attached hydrogens (tertiary/aromatic N) is 6. The van der Waals surface area contributed by atoms with Crippen LogP contribution in [-0.4, -0.2) is 35.7 Å². The highest BCUT2D eigenvalue weighted by Gasteiger charge is 2.34. The number of nitrogens with one attached hydrogen (secondary N) is 1. The second-order valence-electron chi connectivity index (χ2n) is 7.39. The second-order valence-corrected chi connectivity index (χ2v) is 7.39. The van der Waals surface area contributed by atoms with E-state index in [9.17, 15) is 4.79 Å². The number of para-hydroxylation sites is 1. The van der Waals surface area contributed by atoms with Crippen LogP contribution in [0.5, 0.6) is 0 Å². The first-order valence-corrected chi connectivity index (χ1v) is 9.98. The molecule has 1 aliphatic carbocycles. The van der Waals surface area contributed by atoms with Gasteiger partial charge in [-0.1, -0.05) is 47.7 Å². The number of hydrogen-bond acceptors (Lipinski definition) is 5. The maximum atomic E-state index is 13.0. The summed E-state index contributed by atoms with van der Waals surface area (Å²) in [6.07, 6.45) is 5.31. The molecule has 1 amide bonds. The number of carbonyl (C=O) groups excluding carboxylic acids is 1. The van der Waals surface area contributed by atoms with Crippen molar-refractivity contribution in [1.82, 2.24) is 35.1 Å². The summed E-state index contributed by atoms with van der Waals surface area (Å²) < 4.78 is 3.56. The minimum absolute atomic E-state index is 0.199. The third kappa shape index (κ3) is 3.71. The summed E-state index contributed by atoms with van der Waals surface area (Å²) in [6.45, 7) is 1.01. The van der Waals surface area contributed by atoms with Gasteiger partial charge in [0.2, 0.25) is 0 Å². The molecule has 0 radical (unpaired) electrons. The van der Waals surface area contributed by atoms with Gasteiger partial charge in [0.15, 0.2) is 5.69 Å². The lowest BCUT2D eigenvalue weighted by molar-refractivity contribution is 0.0944. The minimum atomic E-state index is -0.199. The van der Waals surface area contributed by atoms with Gasteiger partial charge in [0.05, 0.1) is 17.9 Å². The van der Waals surface area contributed by atoms with E-state index in [0.29, 0.717) is 24.7 Å². The molecule has 8 nitrogen and oxygen atoms in total. The molecule has 4 aromatic rings. The Kier molecular flexibility index (Phi) is 4.80. The van der Waals surface area contributed by atoms with Gasteiger partial charge in [0, 0.05) is 12.5 Å². The molecule has 1 aliphatic rings. The first kappa shape index (κ1) is 18.2. The fourth-order valence-electron chi connectivity index (χ4n) is 3.57. The molecule has 1 saturated carbocycles. The van der Waals surface area contributed by atoms with Gasteiger partial charge in [-0.25, -0.2) is 14.3 Å². The van der Waals surface area contributed by atoms with Crippen molar-refractivity contribution in [2.75, 3.05) is 0 Å². The molecule has 1 N–H and O–H groups in total. The molecular formula is C22H21N7O. The highest BCUT2D eigenvalue weighted by atomic mass is 16.2. The Hall–Kier alpha value is -3.81. The highest BCUT2D eigenvalue weighted by molar-refractivity contribution is 5.93. The van der Waals surface area contributed by atoms with Crippen molar-refractivity contribution in [2.45, 2.75) is 31.8 Å². The lowest BCUT2D eigenvalue weighted by Gasteiger charge is -2.11. The maximum Gasteiger partial charge on any atom is 0.274 e. The minimum Gasteiger partial charge on any atom is -0.346 e. The standard InChI is InChI=1S/C22H21N7O/c30-22(24-12-17-6-4-5-7-18(17)13-28-15-23-14-25-28)20-21(16-10-11-16)29(27-26-20)19-8-2-1-3-9-19/h1-9,14-16H,10-13H2,(H,24,30). The van der Waals surface area contributed by atoms with Crippen LogP contribution in [0.25, 0.3) is 5.69 Å². The van der Waals surface area contributed by atoms with E-state index in [4.69, 9.17) is 0 Å². The molecule has 1 fully saturated rings. The van der Waals surface area contributed by atoms with Crippen molar-refractivity contribution < 1.29 is 4.79 Å². The zero-order valence-corrected chi connectivity index (χ0v) is 16.3. The summed E-state index contributed by atoms with van der Waals surface area (Å²) >= 11 is 0. The average Bonchev–Trinajstić information content (AvgIpc) is 3.31. The Morgan fingerprint density at radius 1 is 1.03 bits per heavy atom. The Balaban J connectivity index is 1.35. The SMILES string of the molecule is O=C(NCc1ccccc1Cn1cncn1)c1nnn(-c2ccccc2)c1C1CC1. The van der Waals surface area contributed by atoms with Gasteiger partial charge in [-0.15, -0.1) is 5.10 Å². The quantitative estimate of drug-likeness (QED) is 0.516. The fraction of sp³-hybridized carbons (Fsp3) is 0.227. The Morgan fingerprint density at radius 2 is 1.80 bits per heavy atom. The lowest BCUT2D eigenvalue weighted by Crippen LogP contribution is -2.25. The Morgan fingerprint density at radius 3 is 2.53 bits per heavy atom. The molecule has 2 aromatic heterocycles. The molecule has 0 spiro atoms. The number of benzene rings is 2. The summed E-state index contributed by atoms with van der Waals surface area (Å²) in [5, 5.41) is 15.7. The van der Waals surface area contributed by atoms with E-state index in [0.717, 1.165) is 35.3 Å². The number of rotatable bonds is 7. The van der Waals surface area contributed by atoms with Gasteiger partial charge < -0.3 is 5.32 Å². The van der Waals surface area contributed by atoms with E-state index in [-0.39, 0.29) is 5.91 Å². The summed E-state index contributed by atoms with van der Waals surface area (Å²) in [5.74, 6) is 0.134. The number of hydrogen-bond donors (Lipinski definition) is 1. The number of amides is 1. The topological polar surface area (TPSA) is 90.5 Å². The van der Waals surface area contributed by atoms with Crippen LogP contribution in [0.15, 0.2) is 67.3 Å². The largest absolute Gasteiger partial charge is 0.346 e. The molecule has 2 aromatic carbocycles. The van der Waals surface area contributed by atoms with Crippen molar-refractivity contribution >= 4 is 5.91 Å². The summed E-state index contributed by atoms with van der Waals surface area (Å²) in [7, 11) is 0. The zero-order valence-electron chi connectivity index (χ0n) is 16.3. The third-order valence-electron chi connectivity index (χ3n) is 5.24. The van der Waals surface area contributed by atoms with Crippen LogP contribution in [-0.2, 0) is 13.1 Å². The van der Waals surface area contributed by atoms with Crippen LogP contribution in [0.1, 0.15) is 46.1 Å².